The van der Waals surface area contributed by atoms with Crippen molar-refractivity contribution in [1.82, 2.24) is 35.2 Å². The normalized spacial score (nSPS) is 15.4. The molecule has 0 saturated carbocycles. The molecule has 0 aliphatic carbocycles. The summed E-state index contributed by atoms with van der Waals surface area (Å²) in [5.41, 5.74) is 1.92. The first-order chi connectivity index (χ1) is 17.3. The van der Waals surface area contributed by atoms with Gasteiger partial charge in [0.25, 0.3) is 5.91 Å². The lowest BCUT2D eigenvalue weighted by Gasteiger charge is -2.30. The molecule has 9 nitrogen and oxygen atoms in total. The number of rotatable bonds is 7. The lowest BCUT2D eigenvalue weighted by Crippen LogP contribution is -2.36. The number of hydrogen-bond acceptors (Lipinski definition) is 7. The van der Waals surface area contributed by atoms with Gasteiger partial charge in [0.15, 0.2) is 5.01 Å². The first-order valence-corrected chi connectivity index (χ1v) is 12.3. The molecule has 3 aromatic heterocycles. The highest BCUT2D eigenvalue weighted by Crippen LogP contribution is 2.36. The van der Waals surface area contributed by atoms with E-state index in [4.69, 9.17) is 0 Å². The molecule has 0 atom stereocenters. The number of nitrogens with zero attached hydrogens (tertiary/aromatic N) is 5. The fourth-order valence-corrected chi connectivity index (χ4v) is 5.18. The number of anilines is 1. The third-order valence-electron chi connectivity index (χ3n) is 6.19. The summed E-state index contributed by atoms with van der Waals surface area (Å²) in [6.45, 7) is 0.893. The van der Waals surface area contributed by atoms with E-state index in [1.165, 1.54) is 16.8 Å². The number of aromatic nitrogens is 5. The van der Waals surface area contributed by atoms with Crippen LogP contribution in [0.2, 0.25) is 0 Å². The van der Waals surface area contributed by atoms with E-state index in [0.29, 0.717) is 32.3 Å². The maximum Gasteiger partial charge on any atom is 0.406 e. The third kappa shape index (κ3) is 5.36. The molecule has 1 aliphatic rings. The van der Waals surface area contributed by atoms with Crippen molar-refractivity contribution in [3.63, 3.8) is 0 Å². The zero-order valence-electron chi connectivity index (χ0n) is 19.5. The Bertz CT molecular complexity index is 1340. The highest BCUT2D eigenvalue weighted by molar-refractivity contribution is 7.14. The second kappa shape index (κ2) is 9.90. The van der Waals surface area contributed by atoms with Gasteiger partial charge in [-0.15, -0.1) is 10.2 Å². The van der Waals surface area contributed by atoms with E-state index in [0.717, 1.165) is 43.0 Å². The number of alkyl halides is 3. The smallest absolute Gasteiger partial charge is 0.382 e. The molecule has 0 radical (unpaired) electrons. The average Bonchev–Trinajstić information content (AvgIpc) is 3.59. The second-order valence-corrected chi connectivity index (χ2v) is 9.91. The van der Waals surface area contributed by atoms with Crippen molar-refractivity contribution in [2.45, 2.75) is 38.1 Å². The van der Waals surface area contributed by atoms with Gasteiger partial charge in [-0.2, -0.15) is 18.3 Å². The van der Waals surface area contributed by atoms with Gasteiger partial charge in [-0.25, -0.2) is 0 Å². The van der Waals surface area contributed by atoms with E-state index in [2.05, 4.69) is 43.0 Å². The fraction of sp³-hybridized carbons (Fsp3) is 0.391. The van der Waals surface area contributed by atoms with Gasteiger partial charge in [0, 0.05) is 23.3 Å². The van der Waals surface area contributed by atoms with Crippen LogP contribution in [-0.4, -0.2) is 68.1 Å². The van der Waals surface area contributed by atoms with Gasteiger partial charge in [0.1, 0.15) is 17.2 Å². The Morgan fingerprint density at radius 3 is 2.75 bits per heavy atom. The van der Waals surface area contributed by atoms with Gasteiger partial charge in [-0.1, -0.05) is 17.4 Å². The van der Waals surface area contributed by atoms with Gasteiger partial charge in [-0.3, -0.25) is 9.89 Å². The van der Waals surface area contributed by atoms with Gasteiger partial charge >= 0.3 is 6.18 Å². The number of carbonyl (C=O) groups excluding carboxylic acids is 1. The lowest BCUT2D eigenvalue weighted by molar-refractivity contribution is -0.139. The summed E-state index contributed by atoms with van der Waals surface area (Å²) < 4.78 is 42.0. The monoisotopic (exact) mass is 518 g/mol. The fourth-order valence-electron chi connectivity index (χ4n) is 4.37. The van der Waals surface area contributed by atoms with Gasteiger partial charge in [0.2, 0.25) is 0 Å². The summed E-state index contributed by atoms with van der Waals surface area (Å²) >= 11 is 1.15. The highest BCUT2D eigenvalue weighted by Gasteiger charge is 2.31. The van der Waals surface area contributed by atoms with Crippen molar-refractivity contribution in [2.75, 3.05) is 25.5 Å². The molecule has 4 heterocycles. The summed E-state index contributed by atoms with van der Waals surface area (Å²) in [6, 6.07) is 8.90. The lowest BCUT2D eigenvalue weighted by atomic mass is 10.0. The molecule has 4 aromatic rings. The molecule has 0 unspecified atom stereocenters. The Labute approximate surface area is 208 Å². The maximum absolute atomic E-state index is 13.6. The molecule has 0 spiro atoms. The molecule has 36 heavy (non-hydrogen) atoms. The number of halogens is 3. The molecule has 1 saturated heterocycles. The van der Waals surface area contributed by atoms with Crippen LogP contribution in [0.3, 0.4) is 0 Å². The third-order valence-corrected chi connectivity index (χ3v) is 7.14. The van der Waals surface area contributed by atoms with E-state index in [9.17, 15) is 18.0 Å². The van der Waals surface area contributed by atoms with Crippen LogP contribution in [0.1, 0.15) is 28.3 Å². The number of hydrogen-bond donors (Lipinski definition) is 3. The molecule has 1 aliphatic heterocycles. The van der Waals surface area contributed by atoms with E-state index in [1.807, 2.05) is 6.07 Å². The minimum Gasteiger partial charge on any atom is -0.382 e. The number of benzene rings is 1. The number of fused-ring (bicyclic) bond motifs is 1. The quantitative estimate of drug-likeness (QED) is 0.343. The van der Waals surface area contributed by atoms with Gasteiger partial charge in [0.05, 0.1) is 17.8 Å². The first-order valence-electron chi connectivity index (χ1n) is 11.5. The molecular weight excluding hydrogens is 493 g/mol. The van der Waals surface area contributed by atoms with Crippen LogP contribution in [0, 0.1) is 0 Å². The van der Waals surface area contributed by atoms with Crippen LogP contribution in [0.15, 0.2) is 36.5 Å². The maximum atomic E-state index is 13.6. The molecule has 190 valence electrons. The van der Waals surface area contributed by atoms with Gasteiger partial charge < -0.3 is 20.1 Å². The van der Waals surface area contributed by atoms with Crippen LogP contribution in [-0.2, 0) is 13.1 Å². The molecule has 1 amide bonds. The highest BCUT2D eigenvalue weighted by atomic mass is 32.1. The molecule has 0 bridgehead atoms. The number of carbonyl (C=O) groups is 1. The predicted molar refractivity (Wildman–Crippen MR) is 131 cm³/mol. The standard InChI is InChI=1S/C23H25F3N8OS/c1-33-9-6-14(7-10-33)29-16-3-2-4-18-15(16)11-19(34(18)13-23(24,25)26)22-32-31-20(36-22)12-27-21(35)17-5-8-28-30-17/h2-5,8,11,14,29H,6-7,9-10,12-13H2,1H3,(H,27,35)(H,28,30). The number of piperidine rings is 1. The van der Waals surface area contributed by atoms with Crippen LogP contribution >= 0.6 is 11.3 Å². The molecule has 3 N–H and O–H groups in total. The Hall–Kier alpha value is -3.45. The zero-order valence-corrected chi connectivity index (χ0v) is 20.3. The van der Waals surface area contributed by atoms with E-state index in [-0.39, 0.29) is 18.5 Å². The molecule has 13 heteroatoms. The number of nitrogens with one attached hydrogen (secondary N) is 3. The Balaban J connectivity index is 1.43. The number of aromatic amines is 1. The van der Waals surface area contributed by atoms with Crippen molar-refractivity contribution in [1.29, 1.82) is 0 Å². The molecule has 1 fully saturated rings. The van der Waals surface area contributed by atoms with E-state index in [1.54, 1.807) is 18.2 Å². The van der Waals surface area contributed by atoms with Crippen molar-refractivity contribution < 1.29 is 18.0 Å². The topological polar surface area (TPSA) is 104 Å². The van der Waals surface area contributed by atoms with E-state index >= 15 is 0 Å². The number of amides is 1. The van der Waals surface area contributed by atoms with Crippen molar-refractivity contribution in [2.24, 2.45) is 0 Å². The zero-order chi connectivity index (χ0) is 25.3. The van der Waals surface area contributed by atoms with Crippen molar-refractivity contribution in [3.8, 4) is 10.7 Å². The Morgan fingerprint density at radius 2 is 2.03 bits per heavy atom. The van der Waals surface area contributed by atoms with Crippen LogP contribution in [0.4, 0.5) is 18.9 Å². The summed E-state index contributed by atoms with van der Waals surface area (Å²) in [5.74, 6) is -0.361. The summed E-state index contributed by atoms with van der Waals surface area (Å²) in [5, 5.41) is 22.3. The van der Waals surface area contributed by atoms with E-state index < -0.39 is 12.7 Å². The molecular formula is C23H25F3N8OS. The number of H-pyrrole nitrogens is 1. The van der Waals surface area contributed by atoms with Crippen molar-refractivity contribution >= 4 is 33.8 Å². The SMILES string of the molecule is CN1CCC(Nc2cccc3c2cc(-c2nnc(CNC(=O)c4ccn[nH]4)s2)n3CC(F)(F)F)CC1. The van der Waals surface area contributed by atoms with Gasteiger partial charge in [-0.05, 0) is 57.2 Å². The average molecular weight is 519 g/mol. The van der Waals surface area contributed by atoms with Crippen LogP contribution in [0.25, 0.3) is 21.6 Å². The summed E-state index contributed by atoms with van der Waals surface area (Å²) in [6.07, 6.45) is -1.02. The first kappa shape index (κ1) is 24.3. The summed E-state index contributed by atoms with van der Waals surface area (Å²) in [7, 11) is 2.08. The number of likely N-dealkylation sites (tertiary alicyclic amines) is 1. The summed E-state index contributed by atoms with van der Waals surface area (Å²) in [4.78, 5) is 14.4. The van der Waals surface area contributed by atoms with Crippen LogP contribution < -0.4 is 10.6 Å². The Kier molecular flexibility index (Phi) is 6.67. The minimum atomic E-state index is -4.41. The predicted octanol–water partition coefficient (Wildman–Crippen LogP) is 3.88. The molecule has 5 rings (SSSR count). The second-order valence-electron chi connectivity index (χ2n) is 8.85. The van der Waals surface area contributed by atoms with Crippen LogP contribution in [0.5, 0.6) is 0 Å². The Morgan fingerprint density at radius 1 is 1.22 bits per heavy atom. The van der Waals surface area contributed by atoms with Crippen molar-refractivity contribution in [3.05, 3.63) is 47.2 Å². The largest absolute Gasteiger partial charge is 0.406 e. The minimum absolute atomic E-state index is 0.0952. The molecule has 1 aromatic carbocycles.